The van der Waals surface area contributed by atoms with Crippen molar-refractivity contribution in [1.82, 2.24) is 0 Å². The number of rotatable bonds is 6. The first kappa shape index (κ1) is 49.6. The summed E-state index contributed by atoms with van der Waals surface area (Å²) in [6.45, 7) is 8.26. The van der Waals surface area contributed by atoms with Gasteiger partial charge in [-0.25, -0.2) is 0 Å². The van der Waals surface area contributed by atoms with Crippen molar-refractivity contribution in [3.05, 3.63) is 153 Å². The Morgan fingerprint density at radius 2 is 0.781 bits per heavy atom. The van der Waals surface area contributed by atoms with Crippen molar-refractivity contribution in [2.75, 3.05) is 0 Å². The SMILES string of the molecule is CCC1=Cc2c(-c3c(C(F)(F)F)cc(C(F)(F)F)c4ccccc34)cccc2[CH]1[Zr+2]([CH]1C(CC)=Cc2c(-c3c(C(F)(F)F)cc(C(F)(F)F)c4ccccc34)cccc21)=[Si](C)C.[Cl-].[Cl-]. The molecule has 2 unspecified atom stereocenters. The molecule has 0 heterocycles. The molecule has 2 aliphatic rings. The first-order valence-electron chi connectivity index (χ1n) is 19.8. The third kappa shape index (κ3) is 8.43. The minimum Gasteiger partial charge on any atom is -1.00 e. The molecule has 6 aromatic carbocycles. The Bertz CT molecular complexity index is 2730. The van der Waals surface area contributed by atoms with E-state index in [0.29, 0.717) is 24.0 Å². The van der Waals surface area contributed by atoms with Crippen LogP contribution in [0.15, 0.2) is 108 Å². The zero-order chi connectivity index (χ0) is 44.8. The van der Waals surface area contributed by atoms with Gasteiger partial charge in [0.15, 0.2) is 0 Å². The van der Waals surface area contributed by atoms with Gasteiger partial charge in [-0.05, 0) is 0 Å². The summed E-state index contributed by atoms with van der Waals surface area (Å²) in [4.78, 5) is 0. The van der Waals surface area contributed by atoms with E-state index in [4.69, 9.17) is 0 Å². The molecule has 0 fully saturated rings. The molecular weight excluding hydrogens is 995 g/mol. The van der Waals surface area contributed by atoms with E-state index < -0.39 is 72.8 Å². The minimum absolute atomic E-state index is 0. The van der Waals surface area contributed by atoms with Gasteiger partial charge in [0.25, 0.3) is 0 Å². The Balaban J connectivity index is 0.00000340. The molecule has 2 atom stereocenters. The molecule has 0 saturated carbocycles. The predicted octanol–water partition coefficient (Wildman–Crippen LogP) is 10.7. The van der Waals surface area contributed by atoms with Crippen LogP contribution < -0.4 is 24.8 Å². The van der Waals surface area contributed by atoms with Gasteiger partial charge < -0.3 is 24.8 Å². The van der Waals surface area contributed by atoms with Crippen LogP contribution in [-0.4, -0.2) is 5.43 Å². The van der Waals surface area contributed by atoms with E-state index in [0.717, 1.165) is 22.3 Å². The van der Waals surface area contributed by atoms with Gasteiger partial charge in [0.2, 0.25) is 0 Å². The first-order valence-corrected chi connectivity index (χ1v) is 28.8. The van der Waals surface area contributed by atoms with Gasteiger partial charge in [-0.3, -0.25) is 0 Å². The van der Waals surface area contributed by atoms with Crippen LogP contribution in [0.5, 0.6) is 0 Å². The number of hydrogen-bond acceptors (Lipinski definition) is 0. The van der Waals surface area contributed by atoms with Crippen molar-refractivity contribution >= 4 is 39.1 Å². The number of fused-ring (bicyclic) bond motifs is 4. The third-order valence-electron chi connectivity index (χ3n) is 12.2. The van der Waals surface area contributed by atoms with Gasteiger partial charge in [0.1, 0.15) is 0 Å². The molecule has 0 saturated heterocycles. The van der Waals surface area contributed by atoms with Crippen LogP contribution >= 0.6 is 0 Å². The summed E-state index contributed by atoms with van der Waals surface area (Å²) in [5.74, 6) is 0. The summed E-state index contributed by atoms with van der Waals surface area (Å²) in [5.41, 5.74) is -2.64. The van der Waals surface area contributed by atoms with Crippen LogP contribution in [0.2, 0.25) is 13.1 Å². The van der Waals surface area contributed by atoms with Crippen LogP contribution in [0.4, 0.5) is 52.7 Å². The standard InChI is InChI=1S/2C23H15F6.C2H6Si.2ClH.Zr/c2*1-2-13-10-14-6-5-9-17(18(14)11-13)21-16-8-4-3-7-15(16)19(22(24,25)26)12-20(21)23(27,28)29;1-3-2;;;/h2*3-12H,2H2,1H3;1-2H3;2*1H;/q;;;;;+2/p-2. The van der Waals surface area contributed by atoms with Gasteiger partial charge in [-0.15, -0.1) is 0 Å². The summed E-state index contributed by atoms with van der Waals surface area (Å²) < 4.78 is 175. The molecule has 16 heteroatoms. The minimum atomic E-state index is -5.14. The molecule has 0 nitrogen and oxygen atoms in total. The largest absolute Gasteiger partial charge is 1.00 e. The van der Waals surface area contributed by atoms with Crippen molar-refractivity contribution < 1.29 is 97.9 Å². The molecule has 0 radical (unpaired) electrons. The van der Waals surface area contributed by atoms with Crippen LogP contribution in [0.3, 0.4) is 0 Å². The zero-order valence-electron chi connectivity index (χ0n) is 34.3. The number of hydrogen-bond donors (Lipinski definition) is 0. The second kappa shape index (κ2) is 17.8. The maximum absolute atomic E-state index is 15.0. The molecule has 0 bridgehead atoms. The van der Waals surface area contributed by atoms with Crippen LogP contribution in [0.1, 0.15) is 78.4 Å². The molecule has 2 aliphatic carbocycles. The fraction of sp³-hybridized carbons (Fsp3) is 0.250. The monoisotopic (exact) mass is 1030 g/mol. The van der Waals surface area contributed by atoms with Crippen LogP contribution in [-0.2, 0) is 45.1 Å². The Morgan fingerprint density at radius 1 is 0.453 bits per heavy atom. The molecule has 0 amide bonds. The van der Waals surface area contributed by atoms with Gasteiger partial charge in [-0.1, -0.05) is 0 Å². The topological polar surface area (TPSA) is 0 Å². The fourth-order valence-electron chi connectivity index (χ4n) is 9.70. The van der Waals surface area contributed by atoms with Crippen molar-refractivity contribution in [1.29, 1.82) is 0 Å². The molecule has 0 spiro atoms. The maximum Gasteiger partial charge on any atom is -1.00 e. The molecular formula is C48H36Cl2F12SiZr. The van der Waals surface area contributed by atoms with Crippen molar-refractivity contribution in [2.24, 2.45) is 0 Å². The van der Waals surface area contributed by atoms with E-state index in [1.807, 2.05) is 38.1 Å². The molecule has 6 aromatic rings. The summed E-state index contributed by atoms with van der Waals surface area (Å²) in [6, 6.07) is 20.9. The van der Waals surface area contributed by atoms with Crippen molar-refractivity contribution in [3.8, 4) is 22.3 Å². The summed E-state index contributed by atoms with van der Waals surface area (Å²) in [5, 5.41) is -1.08. The van der Waals surface area contributed by atoms with Crippen molar-refractivity contribution in [3.63, 3.8) is 0 Å². The molecule has 0 aliphatic heterocycles. The van der Waals surface area contributed by atoms with E-state index in [9.17, 15) is 52.7 Å². The zero-order valence-corrected chi connectivity index (χ0v) is 39.2. The summed E-state index contributed by atoms with van der Waals surface area (Å²) in [7, 11) is 0. The summed E-state index contributed by atoms with van der Waals surface area (Å²) >= 11 is -3.15. The number of allylic oxidation sites excluding steroid dienone is 2. The van der Waals surface area contributed by atoms with Gasteiger partial charge >= 0.3 is 359 Å². The maximum atomic E-state index is 15.0. The second-order valence-electron chi connectivity index (χ2n) is 15.9. The van der Waals surface area contributed by atoms with E-state index in [-0.39, 0.29) is 88.0 Å². The first-order chi connectivity index (χ1) is 29.1. The molecule has 0 N–H and O–H groups in total. The smallest absolute Gasteiger partial charge is 1.00 e. The van der Waals surface area contributed by atoms with Gasteiger partial charge in [0.05, 0.1) is 0 Å². The molecule has 334 valence electrons. The quantitative estimate of drug-likeness (QED) is 0.115. The predicted molar refractivity (Wildman–Crippen MR) is 218 cm³/mol. The second-order valence-corrected chi connectivity index (χ2v) is 33.7. The van der Waals surface area contributed by atoms with E-state index in [1.54, 1.807) is 12.1 Å². The van der Waals surface area contributed by atoms with E-state index in [1.165, 1.54) is 60.7 Å². The fourth-order valence-corrected chi connectivity index (χ4v) is 30.5. The average molecular weight is 1030 g/mol. The van der Waals surface area contributed by atoms with E-state index in [2.05, 4.69) is 13.1 Å². The Kier molecular flexibility index (Phi) is 13.8. The van der Waals surface area contributed by atoms with Gasteiger partial charge in [0, 0.05) is 0 Å². The molecule has 64 heavy (non-hydrogen) atoms. The van der Waals surface area contributed by atoms with Crippen LogP contribution in [0, 0.1) is 0 Å². The Morgan fingerprint density at radius 3 is 1.08 bits per heavy atom. The Labute approximate surface area is 381 Å². The number of halogens is 14. The Hall–Kier alpha value is -3.84. The van der Waals surface area contributed by atoms with Crippen LogP contribution in [0.25, 0.3) is 56.0 Å². The normalized spacial score (nSPS) is 16.0. The van der Waals surface area contributed by atoms with Crippen molar-refractivity contribution in [2.45, 2.75) is 71.7 Å². The average Bonchev–Trinajstić information content (AvgIpc) is 3.76. The number of alkyl halides is 12. The van der Waals surface area contributed by atoms with E-state index >= 15 is 0 Å². The number of benzene rings is 6. The third-order valence-corrected chi connectivity index (χ3v) is 31.7. The summed E-state index contributed by atoms with van der Waals surface area (Å²) in [6.07, 6.45) is -15.6. The van der Waals surface area contributed by atoms with Gasteiger partial charge in [-0.2, -0.15) is 0 Å². The molecule has 0 aromatic heterocycles. The molecule has 8 rings (SSSR count).